The lowest BCUT2D eigenvalue weighted by Crippen LogP contribution is -2.39. The lowest BCUT2D eigenvalue weighted by atomic mass is 9.94. The van der Waals surface area contributed by atoms with Crippen LogP contribution in [0.25, 0.3) is 0 Å². The molecule has 0 aliphatic carbocycles. The summed E-state index contributed by atoms with van der Waals surface area (Å²) in [4.78, 5) is 13.9. The van der Waals surface area contributed by atoms with E-state index in [1.54, 1.807) is 13.2 Å². The molecule has 2 rings (SSSR count). The summed E-state index contributed by atoms with van der Waals surface area (Å²) in [5.74, 6) is -1.56. The van der Waals surface area contributed by atoms with Crippen LogP contribution in [-0.4, -0.2) is 50.8 Å². The van der Waals surface area contributed by atoms with Crippen molar-refractivity contribution in [2.24, 2.45) is 11.7 Å². The molecule has 8 heteroatoms. The minimum atomic E-state index is -0.572. The number of hydrogen-bond acceptors (Lipinski definition) is 4. The summed E-state index contributed by atoms with van der Waals surface area (Å²) in [6.07, 6.45) is -0.572. The summed E-state index contributed by atoms with van der Waals surface area (Å²) in [6, 6.07) is 4.42. The molecule has 5 nitrogen and oxygen atoms in total. The molecule has 1 aliphatic heterocycles. The summed E-state index contributed by atoms with van der Waals surface area (Å²) in [6.45, 7) is 2.80. The molecule has 2 atom stereocenters. The van der Waals surface area contributed by atoms with Gasteiger partial charge in [0, 0.05) is 26.7 Å². The van der Waals surface area contributed by atoms with E-state index in [1.807, 2.05) is 0 Å². The molecule has 0 saturated carbocycles. The van der Waals surface area contributed by atoms with Crippen molar-refractivity contribution in [3.05, 3.63) is 34.6 Å². The Bertz CT molecular complexity index is 533. The SMILES string of the molecule is COCCN1CCO[C@@H](c2ccc(Cl)c(F)c2)[C@H](C(N)=O)C1.Cl. The van der Waals surface area contributed by atoms with Crippen LogP contribution < -0.4 is 5.73 Å². The fraction of sp³-hybridized carbons (Fsp3) is 0.533. The summed E-state index contributed by atoms with van der Waals surface area (Å²) in [5.41, 5.74) is 6.10. The van der Waals surface area contributed by atoms with Gasteiger partial charge in [-0.15, -0.1) is 12.4 Å². The number of halogens is 3. The fourth-order valence-corrected chi connectivity index (χ4v) is 2.69. The second-order valence-electron chi connectivity index (χ2n) is 5.27. The van der Waals surface area contributed by atoms with Crippen molar-refractivity contribution in [3.8, 4) is 0 Å². The zero-order chi connectivity index (χ0) is 16.1. The van der Waals surface area contributed by atoms with Gasteiger partial charge in [0.2, 0.25) is 5.91 Å². The molecular formula is C15H21Cl2FN2O3. The monoisotopic (exact) mass is 366 g/mol. The van der Waals surface area contributed by atoms with Gasteiger partial charge >= 0.3 is 0 Å². The predicted octanol–water partition coefficient (Wildman–Crippen LogP) is 2.02. The molecule has 1 fully saturated rings. The van der Waals surface area contributed by atoms with Crippen molar-refractivity contribution in [1.82, 2.24) is 4.90 Å². The van der Waals surface area contributed by atoms with Gasteiger partial charge in [0.05, 0.1) is 30.3 Å². The molecule has 0 bridgehead atoms. The van der Waals surface area contributed by atoms with E-state index in [-0.39, 0.29) is 17.4 Å². The number of nitrogens with two attached hydrogens (primary N) is 1. The molecule has 1 heterocycles. The first-order valence-corrected chi connectivity index (χ1v) is 7.48. The van der Waals surface area contributed by atoms with Crippen LogP contribution in [0.5, 0.6) is 0 Å². The van der Waals surface area contributed by atoms with Crippen LogP contribution in [0.3, 0.4) is 0 Å². The average molecular weight is 367 g/mol. The van der Waals surface area contributed by atoms with Gasteiger partial charge in [0.25, 0.3) is 0 Å². The Labute approximate surface area is 146 Å². The zero-order valence-corrected chi connectivity index (χ0v) is 14.4. The van der Waals surface area contributed by atoms with E-state index >= 15 is 0 Å². The van der Waals surface area contributed by atoms with Gasteiger partial charge < -0.3 is 15.2 Å². The fourth-order valence-electron chi connectivity index (χ4n) is 2.57. The van der Waals surface area contributed by atoms with Gasteiger partial charge in [-0.1, -0.05) is 17.7 Å². The third-order valence-electron chi connectivity index (χ3n) is 3.77. The van der Waals surface area contributed by atoms with Crippen LogP contribution in [0.15, 0.2) is 18.2 Å². The Morgan fingerprint density at radius 3 is 2.91 bits per heavy atom. The number of ether oxygens (including phenoxy) is 2. The van der Waals surface area contributed by atoms with Crippen LogP contribution in [0.2, 0.25) is 5.02 Å². The first-order valence-electron chi connectivity index (χ1n) is 7.10. The van der Waals surface area contributed by atoms with Crippen molar-refractivity contribution >= 4 is 29.9 Å². The third-order valence-corrected chi connectivity index (χ3v) is 4.08. The number of carbonyl (C=O) groups is 1. The van der Waals surface area contributed by atoms with Crippen molar-refractivity contribution in [1.29, 1.82) is 0 Å². The topological polar surface area (TPSA) is 64.8 Å². The van der Waals surface area contributed by atoms with E-state index in [2.05, 4.69) is 4.90 Å². The van der Waals surface area contributed by atoms with E-state index < -0.39 is 23.7 Å². The van der Waals surface area contributed by atoms with Gasteiger partial charge in [-0.3, -0.25) is 9.69 Å². The molecule has 0 spiro atoms. The first-order chi connectivity index (χ1) is 10.5. The summed E-state index contributed by atoms with van der Waals surface area (Å²) >= 11 is 5.70. The first kappa shape index (κ1) is 20.1. The Balaban J connectivity index is 0.00000264. The summed E-state index contributed by atoms with van der Waals surface area (Å²) < 4.78 is 24.5. The van der Waals surface area contributed by atoms with Crippen molar-refractivity contribution in [2.75, 3.05) is 40.0 Å². The van der Waals surface area contributed by atoms with E-state index in [1.165, 1.54) is 12.1 Å². The van der Waals surface area contributed by atoms with Gasteiger partial charge in [0.15, 0.2) is 0 Å². The average Bonchev–Trinajstić information content (AvgIpc) is 2.70. The molecular weight excluding hydrogens is 346 g/mol. The summed E-state index contributed by atoms with van der Waals surface area (Å²) in [7, 11) is 1.62. The predicted molar refractivity (Wildman–Crippen MR) is 88.4 cm³/mol. The van der Waals surface area contributed by atoms with E-state index in [4.69, 9.17) is 26.8 Å². The maximum Gasteiger partial charge on any atom is 0.224 e. The van der Waals surface area contributed by atoms with Crippen LogP contribution in [0.1, 0.15) is 11.7 Å². The summed E-state index contributed by atoms with van der Waals surface area (Å²) in [5, 5.41) is 0.0368. The van der Waals surface area contributed by atoms with Crippen LogP contribution in [-0.2, 0) is 14.3 Å². The quantitative estimate of drug-likeness (QED) is 0.865. The van der Waals surface area contributed by atoms with Crippen molar-refractivity contribution in [2.45, 2.75) is 6.10 Å². The van der Waals surface area contributed by atoms with Crippen molar-refractivity contribution < 1.29 is 18.7 Å². The molecule has 0 aromatic heterocycles. The Morgan fingerprint density at radius 2 is 2.30 bits per heavy atom. The highest BCUT2D eigenvalue weighted by Crippen LogP contribution is 2.31. The molecule has 2 N–H and O–H groups in total. The molecule has 1 aromatic rings. The number of benzene rings is 1. The lowest BCUT2D eigenvalue weighted by molar-refractivity contribution is -0.126. The number of rotatable bonds is 5. The Hall–Kier alpha value is -0.920. The number of amides is 1. The zero-order valence-electron chi connectivity index (χ0n) is 12.8. The highest BCUT2D eigenvalue weighted by Gasteiger charge is 2.33. The largest absolute Gasteiger partial charge is 0.383 e. The van der Waals surface area contributed by atoms with E-state index in [0.29, 0.717) is 38.4 Å². The Morgan fingerprint density at radius 1 is 1.57 bits per heavy atom. The highest BCUT2D eigenvalue weighted by atomic mass is 35.5. The van der Waals surface area contributed by atoms with Crippen molar-refractivity contribution in [3.63, 3.8) is 0 Å². The number of carbonyl (C=O) groups excluding carboxylic acids is 1. The van der Waals surface area contributed by atoms with Gasteiger partial charge in [-0.25, -0.2) is 4.39 Å². The molecule has 1 aromatic carbocycles. The van der Waals surface area contributed by atoms with E-state index in [9.17, 15) is 9.18 Å². The van der Waals surface area contributed by atoms with Crippen LogP contribution in [0, 0.1) is 11.7 Å². The number of primary amides is 1. The molecule has 0 unspecified atom stereocenters. The second kappa shape index (κ2) is 9.39. The number of hydrogen-bond donors (Lipinski definition) is 1. The second-order valence-corrected chi connectivity index (χ2v) is 5.67. The molecule has 0 radical (unpaired) electrons. The Kier molecular flexibility index (Phi) is 8.22. The van der Waals surface area contributed by atoms with Crippen LogP contribution in [0.4, 0.5) is 4.39 Å². The maximum absolute atomic E-state index is 13.7. The molecule has 23 heavy (non-hydrogen) atoms. The highest BCUT2D eigenvalue weighted by molar-refractivity contribution is 6.30. The van der Waals surface area contributed by atoms with Crippen LogP contribution >= 0.6 is 24.0 Å². The lowest BCUT2D eigenvalue weighted by Gasteiger charge is -2.25. The standard InChI is InChI=1S/C15H20ClFN2O3.ClH/c1-21-6-4-19-5-7-22-14(11(9-19)15(18)20)10-2-3-12(16)13(17)8-10;/h2-3,8,11,14H,4-7,9H2,1H3,(H2,18,20);1H/t11-,14+;/m1./s1. The molecule has 130 valence electrons. The number of nitrogens with zero attached hydrogens (tertiary/aromatic N) is 1. The van der Waals surface area contributed by atoms with E-state index in [0.717, 1.165) is 0 Å². The normalized spacial score (nSPS) is 22.2. The number of methoxy groups -OCH3 is 1. The smallest absolute Gasteiger partial charge is 0.224 e. The van der Waals surface area contributed by atoms with Gasteiger partial charge in [-0.05, 0) is 17.7 Å². The molecule has 1 amide bonds. The van der Waals surface area contributed by atoms with Gasteiger partial charge in [-0.2, -0.15) is 0 Å². The van der Waals surface area contributed by atoms with Gasteiger partial charge in [0.1, 0.15) is 5.82 Å². The molecule has 1 saturated heterocycles. The minimum Gasteiger partial charge on any atom is -0.383 e. The third kappa shape index (κ3) is 5.29. The maximum atomic E-state index is 13.7. The molecule has 1 aliphatic rings. The minimum absolute atomic E-state index is 0.